The molecule has 1 nitrogen and oxygen atoms in total. The van der Waals surface area contributed by atoms with Crippen LogP contribution in [0.4, 0.5) is 0 Å². The molecule has 0 N–H and O–H groups in total. The standard InChI is InChI=1S/C24H22Br2O/c1-23-14-18(8-3-16-4-9-19(25)10-5-16)24(2,15-23)21(13-22(23)27)17-6-11-20(26)12-7-17/h3-12,14,21H,13,15H2,1-2H3/b8-3+/t21-,23?,24?/m0/s1. The van der Waals surface area contributed by atoms with Crippen LogP contribution in [-0.4, -0.2) is 5.78 Å². The number of rotatable bonds is 3. The van der Waals surface area contributed by atoms with Crippen LogP contribution >= 0.6 is 31.9 Å². The molecule has 1 fully saturated rings. The third-order valence-corrected chi connectivity index (χ3v) is 7.32. The number of fused-ring (bicyclic) bond motifs is 2. The number of halogens is 2. The molecule has 0 saturated heterocycles. The van der Waals surface area contributed by atoms with Crippen LogP contribution in [0.5, 0.6) is 0 Å². The molecular formula is C24H22Br2O. The Morgan fingerprint density at radius 2 is 1.52 bits per heavy atom. The van der Waals surface area contributed by atoms with E-state index in [1.807, 2.05) is 0 Å². The van der Waals surface area contributed by atoms with Crippen LogP contribution in [0.15, 0.2) is 75.2 Å². The average molecular weight is 486 g/mol. The van der Waals surface area contributed by atoms with Crippen molar-refractivity contribution in [3.8, 4) is 0 Å². The van der Waals surface area contributed by atoms with Crippen molar-refractivity contribution < 1.29 is 4.79 Å². The Balaban J connectivity index is 1.72. The van der Waals surface area contributed by atoms with E-state index in [2.05, 4.69) is 112 Å². The van der Waals surface area contributed by atoms with Gasteiger partial charge in [-0.15, -0.1) is 0 Å². The Morgan fingerprint density at radius 3 is 2.15 bits per heavy atom. The lowest BCUT2D eigenvalue weighted by Crippen LogP contribution is -2.39. The minimum absolute atomic E-state index is 0.0254. The van der Waals surface area contributed by atoms with Crippen molar-refractivity contribution in [1.29, 1.82) is 0 Å². The number of carbonyl (C=O) groups is 1. The summed E-state index contributed by atoms with van der Waals surface area (Å²) in [7, 11) is 0. The quantitative estimate of drug-likeness (QED) is 0.444. The maximum atomic E-state index is 12.9. The van der Waals surface area contributed by atoms with E-state index >= 15 is 0 Å². The van der Waals surface area contributed by atoms with Gasteiger partial charge in [0.25, 0.3) is 0 Å². The predicted octanol–water partition coefficient (Wildman–Crippen LogP) is 7.32. The number of ketones is 1. The molecule has 2 aromatic rings. The van der Waals surface area contributed by atoms with Crippen LogP contribution in [0.2, 0.25) is 0 Å². The molecular weight excluding hydrogens is 464 g/mol. The number of benzene rings is 2. The van der Waals surface area contributed by atoms with Gasteiger partial charge in [-0.1, -0.05) is 81.3 Å². The summed E-state index contributed by atoms with van der Waals surface area (Å²) in [6.45, 7) is 4.43. The molecule has 4 rings (SSSR count). The van der Waals surface area contributed by atoms with Gasteiger partial charge in [0, 0.05) is 32.1 Å². The van der Waals surface area contributed by atoms with E-state index in [0.717, 1.165) is 15.4 Å². The normalized spacial score (nSPS) is 30.0. The molecule has 138 valence electrons. The molecule has 2 bridgehead atoms. The zero-order valence-corrected chi connectivity index (χ0v) is 18.7. The fourth-order valence-corrected chi connectivity index (χ4v) is 5.28. The van der Waals surface area contributed by atoms with Gasteiger partial charge in [0.1, 0.15) is 5.78 Å². The Kier molecular flexibility index (Phi) is 4.80. The van der Waals surface area contributed by atoms with E-state index in [4.69, 9.17) is 0 Å². The first-order chi connectivity index (χ1) is 12.8. The minimum Gasteiger partial charge on any atom is -0.299 e. The Morgan fingerprint density at radius 1 is 0.926 bits per heavy atom. The maximum absolute atomic E-state index is 12.9. The van der Waals surface area contributed by atoms with E-state index in [0.29, 0.717) is 12.2 Å². The largest absolute Gasteiger partial charge is 0.299 e. The van der Waals surface area contributed by atoms with Gasteiger partial charge in [0.05, 0.1) is 0 Å². The van der Waals surface area contributed by atoms with Gasteiger partial charge >= 0.3 is 0 Å². The zero-order chi connectivity index (χ0) is 19.2. The van der Waals surface area contributed by atoms with Crippen molar-refractivity contribution in [3.63, 3.8) is 0 Å². The van der Waals surface area contributed by atoms with E-state index in [1.165, 1.54) is 16.7 Å². The van der Waals surface area contributed by atoms with Crippen molar-refractivity contribution in [3.05, 3.63) is 86.3 Å². The lowest BCUT2D eigenvalue weighted by molar-refractivity contribution is -0.130. The molecule has 2 aliphatic rings. The Hall–Kier alpha value is -1.45. The summed E-state index contributed by atoms with van der Waals surface area (Å²) in [4.78, 5) is 12.9. The molecule has 0 aromatic heterocycles. The van der Waals surface area contributed by atoms with Gasteiger partial charge in [-0.25, -0.2) is 0 Å². The minimum atomic E-state index is -0.333. The van der Waals surface area contributed by atoms with Gasteiger partial charge in [-0.3, -0.25) is 4.79 Å². The van der Waals surface area contributed by atoms with E-state index in [9.17, 15) is 4.79 Å². The molecule has 1 saturated carbocycles. The third-order valence-electron chi connectivity index (χ3n) is 6.26. The fraction of sp³-hybridized carbons (Fsp3) is 0.292. The highest BCUT2D eigenvalue weighted by Crippen LogP contribution is 2.61. The first-order valence-corrected chi connectivity index (χ1v) is 10.8. The SMILES string of the molecule is CC12C=C(/C=C/c3ccc(Br)cc3)C(C)(C1)[C@H](c1ccc(Br)cc1)CC2=O. The molecule has 3 heteroatoms. The number of Topliss-reactive ketones (excluding diaryl/α,β-unsaturated/α-hetero) is 1. The summed E-state index contributed by atoms with van der Waals surface area (Å²) >= 11 is 7.00. The molecule has 0 heterocycles. The van der Waals surface area contributed by atoms with Crippen LogP contribution in [-0.2, 0) is 4.79 Å². The summed E-state index contributed by atoms with van der Waals surface area (Å²) in [6, 6.07) is 16.8. The third kappa shape index (κ3) is 3.40. The van der Waals surface area contributed by atoms with Crippen molar-refractivity contribution in [1.82, 2.24) is 0 Å². The highest BCUT2D eigenvalue weighted by molar-refractivity contribution is 9.10. The molecule has 0 amide bonds. The van der Waals surface area contributed by atoms with Gasteiger partial charge in [0.15, 0.2) is 0 Å². The molecule has 0 aliphatic heterocycles. The second-order valence-electron chi connectivity index (χ2n) is 8.23. The lowest BCUT2D eigenvalue weighted by atomic mass is 9.59. The van der Waals surface area contributed by atoms with Crippen molar-refractivity contribution >= 4 is 43.7 Å². The molecule has 3 atom stereocenters. The number of carbonyl (C=O) groups excluding carboxylic acids is 1. The Bertz CT molecular complexity index is 939. The first-order valence-electron chi connectivity index (χ1n) is 9.26. The van der Waals surface area contributed by atoms with Crippen LogP contribution < -0.4 is 0 Å². The molecule has 27 heavy (non-hydrogen) atoms. The number of hydrogen-bond acceptors (Lipinski definition) is 1. The zero-order valence-electron chi connectivity index (χ0n) is 15.5. The maximum Gasteiger partial charge on any atom is 0.143 e. The number of allylic oxidation sites excluding steroid dienone is 3. The van der Waals surface area contributed by atoms with Crippen molar-refractivity contribution in [2.24, 2.45) is 10.8 Å². The monoisotopic (exact) mass is 484 g/mol. The van der Waals surface area contributed by atoms with E-state index < -0.39 is 0 Å². The molecule has 0 radical (unpaired) electrons. The van der Waals surface area contributed by atoms with Gasteiger partial charge in [-0.2, -0.15) is 0 Å². The highest BCUT2D eigenvalue weighted by atomic mass is 79.9. The smallest absolute Gasteiger partial charge is 0.143 e. The Labute approximate surface area is 177 Å². The van der Waals surface area contributed by atoms with E-state index in [-0.39, 0.29) is 16.7 Å². The second-order valence-corrected chi connectivity index (χ2v) is 10.1. The topological polar surface area (TPSA) is 17.1 Å². The van der Waals surface area contributed by atoms with E-state index in [1.54, 1.807) is 0 Å². The summed E-state index contributed by atoms with van der Waals surface area (Å²) in [5, 5.41) is 0. The van der Waals surface area contributed by atoms with Crippen LogP contribution in [0.3, 0.4) is 0 Å². The van der Waals surface area contributed by atoms with Crippen molar-refractivity contribution in [2.75, 3.05) is 0 Å². The average Bonchev–Trinajstić information content (AvgIpc) is 2.88. The van der Waals surface area contributed by atoms with Gasteiger partial charge in [0.2, 0.25) is 0 Å². The lowest BCUT2D eigenvalue weighted by Gasteiger charge is -2.43. The predicted molar refractivity (Wildman–Crippen MR) is 119 cm³/mol. The van der Waals surface area contributed by atoms with Crippen LogP contribution in [0.25, 0.3) is 6.08 Å². The van der Waals surface area contributed by atoms with Crippen LogP contribution in [0.1, 0.15) is 43.7 Å². The summed E-state index contributed by atoms with van der Waals surface area (Å²) < 4.78 is 2.15. The van der Waals surface area contributed by atoms with Crippen LogP contribution in [0, 0.1) is 10.8 Å². The second kappa shape index (κ2) is 6.86. The molecule has 0 spiro atoms. The summed E-state index contributed by atoms with van der Waals surface area (Å²) in [5.74, 6) is 0.578. The summed E-state index contributed by atoms with van der Waals surface area (Å²) in [6.07, 6.45) is 8.11. The van der Waals surface area contributed by atoms with Crippen molar-refractivity contribution in [2.45, 2.75) is 32.6 Å². The van der Waals surface area contributed by atoms with Gasteiger partial charge < -0.3 is 0 Å². The first kappa shape index (κ1) is 18.9. The highest BCUT2D eigenvalue weighted by Gasteiger charge is 2.55. The molecule has 2 aliphatic carbocycles. The summed E-state index contributed by atoms with van der Waals surface area (Å²) in [5.41, 5.74) is 3.34. The van der Waals surface area contributed by atoms with Gasteiger partial charge in [-0.05, 0) is 54.3 Å². The molecule has 2 unspecified atom stereocenters. The number of hydrogen-bond donors (Lipinski definition) is 0. The fourth-order valence-electron chi connectivity index (χ4n) is 4.75. The molecule has 2 aromatic carbocycles.